The number of aromatic nitrogens is 1. The van der Waals surface area contributed by atoms with Crippen LogP contribution in [0.15, 0.2) is 18.2 Å². The van der Waals surface area contributed by atoms with Crippen LogP contribution in [0.1, 0.15) is 34.6 Å². The van der Waals surface area contributed by atoms with E-state index in [1.807, 2.05) is 25.1 Å². The zero-order valence-corrected chi connectivity index (χ0v) is 16.9. The van der Waals surface area contributed by atoms with Crippen LogP contribution < -0.4 is 20.1 Å². The average Bonchev–Trinajstić information content (AvgIpc) is 3.10. The van der Waals surface area contributed by atoms with Crippen LogP contribution in [0.5, 0.6) is 11.5 Å². The van der Waals surface area contributed by atoms with Gasteiger partial charge in [0.25, 0.3) is 5.91 Å². The Bertz CT molecular complexity index is 785. The summed E-state index contributed by atoms with van der Waals surface area (Å²) in [6.07, 6.45) is 3.48. The number of nitrogens with zero attached hydrogens (tertiary/aromatic N) is 1. The highest BCUT2D eigenvalue weighted by Gasteiger charge is 2.18. The van der Waals surface area contributed by atoms with E-state index in [0.29, 0.717) is 28.8 Å². The van der Waals surface area contributed by atoms with Gasteiger partial charge in [-0.15, -0.1) is 11.3 Å². The van der Waals surface area contributed by atoms with Crippen LogP contribution >= 0.6 is 11.3 Å². The number of piperidine rings is 1. The number of hydrogen-bond donors (Lipinski definition) is 2. The monoisotopic (exact) mass is 389 g/mol. The Kier molecular flexibility index (Phi) is 6.68. The molecule has 1 aliphatic heterocycles. The average molecular weight is 390 g/mol. The van der Waals surface area contributed by atoms with Gasteiger partial charge < -0.3 is 20.1 Å². The molecule has 1 unspecified atom stereocenters. The standard InChI is InChI=1S/C20H27N3O3S/c1-13-18(19(24)22-10-8-14-5-4-9-21-12-14)27-20(23-13)15-6-7-16(25-2)17(11-15)26-3/h6-7,11,14,21H,4-5,8-10,12H2,1-3H3,(H,22,24). The van der Waals surface area contributed by atoms with Crippen molar-refractivity contribution in [2.24, 2.45) is 5.92 Å². The minimum atomic E-state index is -0.0412. The molecule has 1 aliphatic rings. The lowest BCUT2D eigenvalue weighted by atomic mass is 9.96. The number of amides is 1. The van der Waals surface area contributed by atoms with E-state index in [9.17, 15) is 4.79 Å². The van der Waals surface area contributed by atoms with E-state index in [1.54, 1.807) is 14.2 Å². The second-order valence-corrected chi connectivity index (χ2v) is 7.76. The maximum Gasteiger partial charge on any atom is 0.263 e. The fourth-order valence-corrected chi connectivity index (χ4v) is 4.32. The molecule has 1 aromatic heterocycles. The third-order valence-electron chi connectivity index (χ3n) is 4.87. The molecule has 0 spiro atoms. The van der Waals surface area contributed by atoms with Gasteiger partial charge in [-0.25, -0.2) is 4.98 Å². The quantitative estimate of drug-likeness (QED) is 0.760. The second kappa shape index (κ2) is 9.19. The number of carbonyl (C=O) groups excluding carboxylic acids is 1. The Labute approximate surface area is 164 Å². The molecule has 2 aromatic rings. The summed E-state index contributed by atoms with van der Waals surface area (Å²) >= 11 is 1.41. The molecular formula is C20H27N3O3S. The molecule has 2 N–H and O–H groups in total. The van der Waals surface area contributed by atoms with Gasteiger partial charge in [0.15, 0.2) is 11.5 Å². The second-order valence-electron chi connectivity index (χ2n) is 6.76. The van der Waals surface area contributed by atoms with Crippen LogP contribution in [-0.4, -0.2) is 44.7 Å². The van der Waals surface area contributed by atoms with Crippen molar-refractivity contribution in [1.82, 2.24) is 15.6 Å². The molecule has 0 bridgehead atoms. The van der Waals surface area contributed by atoms with Gasteiger partial charge in [-0.3, -0.25) is 4.79 Å². The number of hydrogen-bond acceptors (Lipinski definition) is 6. The molecule has 146 valence electrons. The molecule has 6 nitrogen and oxygen atoms in total. The molecule has 1 atom stereocenters. The Balaban J connectivity index is 1.65. The zero-order valence-electron chi connectivity index (χ0n) is 16.1. The van der Waals surface area contributed by atoms with Crippen LogP contribution in [0.3, 0.4) is 0 Å². The minimum absolute atomic E-state index is 0.0412. The minimum Gasteiger partial charge on any atom is -0.493 e. The van der Waals surface area contributed by atoms with Gasteiger partial charge in [-0.1, -0.05) is 0 Å². The van der Waals surface area contributed by atoms with E-state index in [0.717, 1.165) is 35.8 Å². The lowest BCUT2D eigenvalue weighted by molar-refractivity contribution is 0.0954. The number of methoxy groups -OCH3 is 2. The first-order valence-electron chi connectivity index (χ1n) is 9.31. The maximum atomic E-state index is 12.6. The third-order valence-corrected chi connectivity index (χ3v) is 6.08. The predicted molar refractivity (Wildman–Crippen MR) is 108 cm³/mol. The number of benzene rings is 1. The maximum absolute atomic E-state index is 12.6. The van der Waals surface area contributed by atoms with Crippen molar-refractivity contribution in [1.29, 1.82) is 0 Å². The van der Waals surface area contributed by atoms with E-state index < -0.39 is 0 Å². The molecule has 27 heavy (non-hydrogen) atoms. The summed E-state index contributed by atoms with van der Waals surface area (Å²) in [6, 6.07) is 5.66. The van der Waals surface area contributed by atoms with Crippen LogP contribution in [0.4, 0.5) is 0 Å². The van der Waals surface area contributed by atoms with Crippen molar-refractivity contribution in [3.8, 4) is 22.1 Å². The highest BCUT2D eigenvalue weighted by Crippen LogP contribution is 2.35. The summed E-state index contributed by atoms with van der Waals surface area (Å²) in [4.78, 5) is 17.8. The fraction of sp³-hybridized carbons (Fsp3) is 0.500. The Hall–Kier alpha value is -2.12. The number of nitrogens with one attached hydrogen (secondary N) is 2. The van der Waals surface area contributed by atoms with Crippen molar-refractivity contribution < 1.29 is 14.3 Å². The molecule has 1 saturated heterocycles. The summed E-state index contributed by atoms with van der Waals surface area (Å²) in [6.45, 7) is 4.75. The molecule has 0 radical (unpaired) electrons. The molecular weight excluding hydrogens is 362 g/mol. The van der Waals surface area contributed by atoms with Gasteiger partial charge in [0, 0.05) is 12.1 Å². The lowest BCUT2D eigenvalue weighted by Gasteiger charge is -2.22. The summed E-state index contributed by atoms with van der Waals surface area (Å²) < 4.78 is 10.6. The summed E-state index contributed by atoms with van der Waals surface area (Å²) in [5.74, 6) is 1.93. The van der Waals surface area contributed by atoms with Gasteiger partial charge in [0.05, 0.1) is 19.9 Å². The van der Waals surface area contributed by atoms with Crippen LogP contribution in [0.2, 0.25) is 0 Å². The van der Waals surface area contributed by atoms with E-state index in [2.05, 4.69) is 15.6 Å². The Morgan fingerprint density at radius 2 is 2.15 bits per heavy atom. The highest BCUT2D eigenvalue weighted by molar-refractivity contribution is 7.17. The van der Waals surface area contributed by atoms with E-state index in [4.69, 9.17) is 9.47 Å². The van der Waals surface area contributed by atoms with Crippen molar-refractivity contribution in [3.63, 3.8) is 0 Å². The van der Waals surface area contributed by atoms with Crippen molar-refractivity contribution >= 4 is 17.2 Å². The predicted octanol–water partition coefficient (Wildman–Crippen LogP) is 3.26. The lowest BCUT2D eigenvalue weighted by Crippen LogP contribution is -2.33. The van der Waals surface area contributed by atoms with Crippen molar-refractivity contribution in [2.45, 2.75) is 26.2 Å². The molecule has 1 aromatic carbocycles. The fourth-order valence-electron chi connectivity index (χ4n) is 3.34. The number of thiazole rings is 1. The normalized spacial score (nSPS) is 16.8. The van der Waals surface area contributed by atoms with Gasteiger partial charge in [0.1, 0.15) is 9.88 Å². The SMILES string of the molecule is COc1ccc(-c2nc(C)c(C(=O)NCCC3CCCNC3)s2)cc1OC. The summed E-state index contributed by atoms with van der Waals surface area (Å²) in [5.41, 5.74) is 1.66. The number of aryl methyl sites for hydroxylation is 1. The zero-order chi connectivity index (χ0) is 19.2. The number of ether oxygens (including phenoxy) is 2. The first kappa shape index (κ1) is 19.6. The van der Waals surface area contributed by atoms with Crippen LogP contribution in [0, 0.1) is 12.8 Å². The first-order valence-corrected chi connectivity index (χ1v) is 10.1. The van der Waals surface area contributed by atoms with E-state index in [-0.39, 0.29) is 5.91 Å². The Morgan fingerprint density at radius 1 is 1.33 bits per heavy atom. The molecule has 2 heterocycles. The first-order chi connectivity index (χ1) is 13.1. The molecule has 1 fully saturated rings. The molecule has 1 amide bonds. The third kappa shape index (κ3) is 4.78. The van der Waals surface area contributed by atoms with Crippen LogP contribution in [0.25, 0.3) is 10.6 Å². The summed E-state index contributed by atoms with van der Waals surface area (Å²) in [7, 11) is 3.21. The van der Waals surface area contributed by atoms with Gasteiger partial charge in [-0.05, 0) is 63.4 Å². The van der Waals surface area contributed by atoms with Crippen LogP contribution in [-0.2, 0) is 0 Å². The van der Waals surface area contributed by atoms with E-state index >= 15 is 0 Å². The molecule has 0 aliphatic carbocycles. The smallest absolute Gasteiger partial charge is 0.263 e. The topological polar surface area (TPSA) is 72.5 Å². The van der Waals surface area contributed by atoms with Crippen molar-refractivity contribution in [3.05, 3.63) is 28.8 Å². The molecule has 7 heteroatoms. The number of rotatable bonds is 7. The van der Waals surface area contributed by atoms with Gasteiger partial charge in [-0.2, -0.15) is 0 Å². The van der Waals surface area contributed by atoms with Gasteiger partial charge >= 0.3 is 0 Å². The molecule has 3 rings (SSSR count). The Morgan fingerprint density at radius 3 is 2.85 bits per heavy atom. The largest absolute Gasteiger partial charge is 0.493 e. The molecule has 0 saturated carbocycles. The highest BCUT2D eigenvalue weighted by atomic mass is 32.1. The van der Waals surface area contributed by atoms with Crippen molar-refractivity contribution in [2.75, 3.05) is 33.9 Å². The number of carbonyl (C=O) groups is 1. The van der Waals surface area contributed by atoms with Gasteiger partial charge in [0.2, 0.25) is 0 Å². The summed E-state index contributed by atoms with van der Waals surface area (Å²) in [5, 5.41) is 7.27. The van der Waals surface area contributed by atoms with E-state index in [1.165, 1.54) is 24.2 Å².